The molecule has 6 rings (SSSR count). The van der Waals surface area contributed by atoms with Crippen molar-refractivity contribution in [2.75, 3.05) is 0 Å². The van der Waals surface area contributed by atoms with Gasteiger partial charge in [0.25, 0.3) is 0 Å². The van der Waals surface area contributed by atoms with E-state index in [1.807, 2.05) is 72.8 Å². The van der Waals surface area contributed by atoms with Gasteiger partial charge in [-0.05, 0) is 23.5 Å². The third-order valence-electron chi connectivity index (χ3n) is 6.86. The van der Waals surface area contributed by atoms with E-state index in [9.17, 15) is 9.59 Å². The quantitative estimate of drug-likeness (QED) is 0.559. The van der Waals surface area contributed by atoms with E-state index >= 15 is 0 Å². The topological polar surface area (TPSA) is 46.5 Å². The van der Waals surface area contributed by atoms with Crippen LogP contribution in [0.4, 0.5) is 0 Å². The number of hydrogen-bond acceptors (Lipinski definition) is 3. The predicted molar refractivity (Wildman–Crippen MR) is 121 cm³/mol. The van der Waals surface area contributed by atoms with Crippen molar-refractivity contribution in [2.24, 2.45) is 10.9 Å². The summed E-state index contributed by atoms with van der Waals surface area (Å²) in [6.45, 7) is 0. The van der Waals surface area contributed by atoms with Crippen molar-refractivity contribution in [3.63, 3.8) is 0 Å². The van der Waals surface area contributed by atoms with Gasteiger partial charge < -0.3 is 0 Å². The highest BCUT2D eigenvalue weighted by Gasteiger charge is 2.48. The Morgan fingerprint density at radius 2 is 1.26 bits per heavy atom. The van der Waals surface area contributed by atoms with Gasteiger partial charge in [-0.15, -0.1) is 0 Å². The van der Waals surface area contributed by atoms with Crippen molar-refractivity contribution < 1.29 is 9.59 Å². The second kappa shape index (κ2) is 6.98. The zero-order valence-electron chi connectivity index (χ0n) is 17.0. The summed E-state index contributed by atoms with van der Waals surface area (Å²) in [5.74, 6) is -0.301. The van der Waals surface area contributed by atoms with E-state index in [1.165, 1.54) is 5.56 Å². The van der Waals surface area contributed by atoms with Gasteiger partial charge in [-0.1, -0.05) is 84.9 Å². The minimum Gasteiger partial charge on any atom is -0.299 e. The minimum absolute atomic E-state index is 0.0141. The van der Waals surface area contributed by atoms with E-state index in [1.54, 1.807) is 0 Å². The molecule has 3 aromatic carbocycles. The number of nitrogens with zero attached hydrogens (tertiary/aromatic N) is 1. The Bertz CT molecular complexity index is 1270. The normalized spacial score (nSPS) is 24.4. The van der Waals surface area contributed by atoms with E-state index in [0.29, 0.717) is 17.6 Å². The third-order valence-corrected chi connectivity index (χ3v) is 6.86. The lowest BCUT2D eigenvalue weighted by Crippen LogP contribution is -2.40. The molecule has 1 heterocycles. The van der Waals surface area contributed by atoms with Crippen LogP contribution in [-0.2, 0) is 4.79 Å². The Morgan fingerprint density at radius 1 is 0.645 bits per heavy atom. The molecule has 0 amide bonds. The molecule has 150 valence electrons. The summed E-state index contributed by atoms with van der Waals surface area (Å²) in [5.41, 5.74) is 6.15. The highest BCUT2D eigenvalue weighted by atomic mass is 16.1. The summed E-state index contributed by atoms with van der Waals surface area (Å²) >= 11 is 0. The molecule has 0 spiro atoms. The highest BCUT2D eigenvalue weighted by Crippen LogP contribution is 2.51. The zero-order chi connectivity index (χ0) is 20.9. The molecule has 0 radical (unpaired) electrons. The molecule has 2 aliphatic carbocycles. The Morgan fingerprint density at radius 3 is 1.97 bits per heavy atom. The first kappa shape index (κ1) is 18.2. The maximum atomic E-state index is 13.5. The lowest BCUT2D eigenvalue weighted by Gasteiger charge is -2.37. The molecular formula is C28H21NO2. The van der Waals surface area contributed by atoms with Crippen LogP contribution >= 0.6 is 0 Å². The van der Waals surface area contributed by atoms with Crippen molar-refractivity contribution in [1.82, 2.24) is 0 Å². The molecule has 3 heteroatoms. The molecule has 1 aliphatic heterocycles. The first-order valence-corrected chi connectivity index (χ1v) is 10.8. The smallest absolute Gasteiger partial charge is 0.192 e. The number of fused-ring (bicyclic) bond motifs is 3. The van der Waals surface area contributed by atoms with Crippen LogP contribution in [0.3, 0.4) is 0 Å². The fraction of sp³-hybridized carbons (Fsp3) is 0.179. The fourth-order valence-electron chi connectivity index (χ4n) is 5.49. The molecule has 3 atom stereocenters. The minimum atomic E-state index is -0.362. The zero-order valence-corrected chi connectivity index (χ0v) is 17.0. The number of rotatable bonds is 2. The molecule has 1 fully saturated rings. The van der Waals surface area contributed by atoms with E-state index < -0.39 is 0 Å². The van der Waals surface area contributed by atoms with Gasteiger partial charge in [0, 0.05) is 34.8 Å². The van der Waals surface area contributed by atoms with E-state index in [4.69, 9.17) is 4.99 Å². The van der Waals surface area contributed by atoms with Crippen molar-refractivity contribution in [3.8, 4) is 0 Å². The second-order valence-corrected chi connectivity index (χ2v) is 8.59. The van der Waals surface area contributed by atoms with E-state index in [-0.39, 0.29) is 29.3 Å². The first-order valence-electron chi connectivity index (χ1n) is 10.8. The van der Waals surface area contributed by atoms with Crippen molar-refractivity contribution in [2.45, 2.75) is 24.7 Å². The van der Waals surface area contributed by atoms with Crippen LogP contribution in [0, 0.1) is 5.92 Å². The summed E-state index contributed by atoms with van der Waals surface area (Å²) in [6.07, 6.45) is 1.23. The van der Waals surface area contributed by atoms with Crippen LogP contribution in [0.1, 0.15) is 51.7 Å². The van der Waals surface area contributed by atoms with E-state index in [0.717, 1.165) is 29.0 Å². The monoisotopic (exact) mass is 403 g/mol. The maximum Gasteiger partial charge on any atom is 0.192 e. The van der Waals surface area contributed by atoms with Crippen LogP contribution in [0.2, 0.25) is 0 Å². The molecule has 1 saturated carbocycles. The molecular weight excluding hydrogens is 382 g/mol. The second-order valence-electron chi connectivity index (χ2n) is 8.59. The lowest BCUT2D eigenvalue weighted by atomic mass is 9.66. The number of ketones is 2. The standard InChI is InChI=1S/C28H21NO2/c30-23-16-19(17-9-3-1-4-10-17)15-22-25(23)24(18-11-5-2-6-12-18)26-27(29-22)20-13-7-8-14-21(20)28(26)31/h1-14,19,24-25H,15-16H2/t19-,24+,25?/m1/s1. The van der Waals surface area contributed by atoms with Gasteiger partial charge in [0.05, 0.1) is 11.6 Å². The van der Waals surface area contributed by atoms with Gasteiger partial charge in [-0.3, -0.25) is 14.6 Å². The van der Waals surface area contributed by atoms with Gasteiger partial charge in [0.2, 0.25) is 0 Å². The molecule has 0 aromatic heterocycles. The number of carbonyl (C=O) groups excluding carboxylic acids is 2. The fourth-order valence-corrected chi connectivity index (χ4v) is 5.49. The molecule has 0 saturated heterocycles. The van der Waals surface area contributed by atoms with Crippen LogP contribution < -0.4 is 0 Å². The van der Waals surface area contributed by atoms with E-state index in [2.05, 4.69) is 12.1 Å². The van der Waals surface area contributed by atoms with Gasteiger partial charge >= 0.3 is 0 Å². The van der Waals surface area contributed by atoms with Crippen molar-refractivity contribution in [1.29, 1.82) is 0 Å². The largest absolute Gasteiger partial charge is 0.299 e. The summed E-state index contributed by atoms with van der Waals surface area (Å²) in [6, 6.07) is 27.9. The van der Waals surface area contributed by atoms with Gasteiger partial charge in [0.15, 0.2) is 5.78 Å². The van der Waals surface area contributed by atoms with Crippen LogP contribution in [-0.4, -0.2) is 17.3 Å². The van der Waals surface area contributed by atoms with Gasteiger partial charge in [-0.2, -0.15) is 0 Å². The molecule has 1 unspecified atom stereocenters. The average molecular weight is 403 g/mol. The molecule has 0 bridgehead atoms. The Hall–Kier alpha value is -3.59. The molecule has 31 heavy (non-hydrogen) atoms. The van der Waals surface area contributed by atoms with Crippen LogP contribution in [0.15, 0.2) is 95.5 Å². The summed E-state index contributed by atoms with van der Waals surface area (Å²) in [7, 11) is 0. The number of Topliss-reactive ketones (excluding diaryl/α,β-unsaturated/α-hetero) is 2. The predicted octanol–water partition coefficient (Wildman–Crippen LogP) is 5.60. The lowest BCUT2D eigenvalue weighted by molar-refractivity contribution is -0.122. The Kier molecular flexibility index (Phi) is 4.10. The number of aliphatic imine (C=N–C) groups is 1. The number of carbonyl (C=O) groups is 2. The van der Waals surface area contributed by atoms with Crippen LogP contribution in [0.25, 0.3) is 5.70 Å². The average Bonchev–Trinajstić information content (AvgIpc) is 3.11. The van der Waals surface area contributed by atoms with Gasteiger partial charge in [0.1, 0.15) is 5.78 Å². The maximum absolute atomic E-state index is 13.5. The number of allylic oxidation sites excluding steroid dienone is 1. The SMILES string of the molecule is O=C1C2=C(N=C3C[C@@H](c4ccccc4)CC(=O)C3[C@@H]2c2ccccc2)c2ccccc21. The molecule has 0 N–H and O–H groups in total. The number of hydrogen-bond donors (Lipinski definition) is 0. The summed E-state index contributed by atoms with van der Waals surface area (Å²) in [4.78, 5) is 32.0. The Balaban J connectivity index is 1.53. The highest BCUT2D eigenvalue weighted by molar-refractivity contribution is 6.25. The van der Waals surface area contributed by atoms with Crippen molar-refractivity contribution >= 4 is 23.0 Å². The summed E-state index contributed by atoms with van der Waals surface area (Å²) in [5, 5.41) is 0. The molecule has 3 aromatic rings. The van der Waals surface area contributed by atoms with Crippen molar-refractivity contribution in [3.05, 3.63) is 113 Å². The summed E-state index contributed by atoms with van der Waals surface area (Å²) < 4.78 is 0. The number of benzene rings is 3. The Labute approximate surface area is 181 Å². The first-order chi connectivity index (χ1) is 15.2. The van der Waals surface area contributed by atoms with Gasteiger partial charge in [-0.25, -0.2) is 0 Å². The molecule has 3 nitrogen and oxygen atoms in total. The van der Waals surface area contributed by atoms with Crippen LogP contribution in [0.5, 0.6) is 0 Å². The third kappa shape index (κ3) is 2.77. The molecule has 3 aliphatic rings.